The Balaban J connectivity index is 1.84. The fourth-order valence-corrected chi connectivity index (χ4v) is 3.09. The predicted octanol–water partition coefficient (Wildman–Crippen LogP) is 1.55. The molecule has 0 aliphatic carbocycles. The van der Waals surface area contributed by atoms with Gasteiger partial charge in [0.05, 0.1) is 18.6 Å². The Labute approximate surface area is 157 Å². The van der Waals surface area contributed by atoms with Crippen molar-refractivity contribution < 1.29 is 13.9 Å². The minimum atomic E-state index is -0.915. The van der Waals surface area contributed by atoms with Gasteiger partial charge in [-0.25, -0.2) is 4.79 Å². The van der Waals surface area contributed by atoms with Crippen LogP contribution in [0.3, 0.4) is 0 Å². The van der Waals surface area contributed by atoms with E-state index in [1.807, 2.05) is 18.2 Å². The molecule has 0 saturated carbocycles. The average Bonchev–Trinajstić information content (AvgIpc) is 3.16. The van der Waals surface area contributed by atoms with E-state index in [0.29, 0.717) is 17.3 Å². The predicted molar refractivity (Wildman–Crippen MR) is 97.7 cm³/mol. The van der Waals surface area contributed by atoms with Gasteiger partial charge in [-0.1, -0.05) is 0 Å². The molecular formula is C19H14N4O5. The number of ether oxygens (including phenoxy) is 2. The minimum Gasteiger partial charge on any atom is -0.497 e. The van der Waals surface area contributed by atoms with E-state index >= 15 is 0 Å². The number of H-pyrrole nitrogens is 2. The molecule has 1 aliphatic heterocycles. The molecule has 0 amide bonds. The first kappa shape index (κ1) is 17.2. The molecule has 1 aliphatic rings. The summed E-state index contributed by atoms with van der Waals surface area (Å²) < 4.78 is 16.3. The van der Waals surface area contributed by atoms with Gasteiger partial charge in [-0.2, -0.15) is 5.26 Å². The van der Waals surface area contributed by atoms with Crippen LogP contribution >= 0.6 is 0 Å². The smallest absolute Gasteiger partial charge is 0.328 e. The van der Waals surface area contributed by atoms with Crippen LogP contribution in [-0.4, -0.2) is 17.1 Å². The summed E-state index contributed by atoms with van der Waals surface area (Å²) in [6.07, 6.45) is 0. The highest BCUT2D eigenvalue weighted by Gasteiger charge is 2.36. The zero-order chi connectivity index (χ0) is 19.8. The van der Waals surface area contributed by atoms with E-state index in [0.717, 1.165) is 5.56 Å². The number of nitrogens with two attached hydrogens (primary N) is 1. The van der Waals surface area contributed by atoms with Crippen LogP contribution < -0.4 is 26.5 Å². The lowest BCUT2D eigenvalue weighted by Crippen LogP contribution is -2.33. The second kappa shape index (κ2) is 6.51. The number of nitriles is 1. The molecular weight excluding hydrogens is 364 g/mol. The second-order valence-corrected chi connectivity index (χ2v) is 6.01. The minimum absolute atomic E-state index is 0.0145. The van der Waals surface area contributed by atoms with Crippen molar-refractivity contribution in [2.75, 3.05) is 7.11 Å². The second-order valence-electron chi connectivity index (χ2n) is 6.01. The molecule has 1 aromatic carbocycles. The van der Waals surface area contributed by atoms with Crippen molar-refractivity contribution in [1.82, 2.24) is 9.97 Å². The molecule has 4 N–H and O–H groups in total. The summed E-state index contributed by atoms with van der Waals surface area (Å²) in [5.74, 6) is 0.310. The zero-order valence-electron chi connectivity index (χ0n) is 14.6. The molecule has 4 rings (SSSR count). The van der Waals surface area contributed by atoms with Crippen LogP contribution in [0.1, 0.15) is 17.2 Å². The molecule has 9 nitrogen and oxygen atoms in total. The third-order valence-electron chi connectivity index (χ3n) is 4.40. The first-order valence-corrected chi connectivity index (χ1v) is 8.20. The highest BCUT2D eigenvalue weighted by molar-refractivity contribution is 5.60. The van der Waals surface area contributed by atoms with Gasteiger partial charge in [-0.3, -0.25) is 14.8 Å². The van der Waals surface area contributed by atoms with Gasteiger partial charge in [0, 0.05) is 5.56 Å². The summed E-state index contributed by atoms with van der Waals surface area (Å²) in [5.41, 5.74) is 5.24. The Morgan fingerprint density at radius 1 is 1.14 bits per heavy atom. The van der Waals surface area contributed by atoms with Gasteiger partial charge in [0.2, 0.25) is 11.8 Å². The Bertz CT molecular complexity index is 1240. The maximum Gasteiger partial charge on any atom is 0.328 e. The molecule has 1 unspecified atom stereocenters. The molecule has 28 heavy (non-hydrogen) atoms. The molecule has 0 fully saturated rings. The normalized spacial score (nSPS) is 15.5. The van der Waals surface area contributed by atoms with E-state index in [4.69, 9.17) is 19.6 Å². The van der Waals surface area contributed by atoms with Crippen LogP contribution in [0.15, 0.2) is 61.9 Å². The summed E-state index contributed by atoms with van der Waals surface area (Å²) in [5, 5.41) is 9.54. The first-order chi connectivity index (χ1) is 13.5. The van der Waals surface area contributed by atoms with Gasteiger partial charge in [0.15, 0.2) is 0 Å². The third kappa shape index (κ3) is 2.73. The number of nitrogens with zero attached hydrogens (tertiary/aromatic N) is 1. The van der Waals surface area contributed by atoms with Crippen LogP contribution in [0, 0.1) is 11.3 Å². The number of benzene rings is 1. The van der Waals surface area contributed by atoms with E-state index < -0.39 is 17.2 Å². The Morgan fingerprint density at radius 2 is 1.89 bits per heavy atom. The fourth-order valence-electron chi connectivity index (χ4n) is 3.09. The van der Waals surface area contributed by atoms with E-state index in [-0.39, 0.29) is 22.9 Å². The van der Waals surface area contributed by atoms with Crippen molar-refractivity contribution >= 4 is 0 Å². The van der Waals surface area contributed by atoms with E-state index in [1.165, 1.54) is 0 Å². The van der Waals surface area contributed by atoms with Crippen molar-refractivity contribution in [2.24, 2.45) is 5.73 Å². The van der Waals surface area contributed by atoms with Crippen LogP contribution in [-0.2, 0) is 0 Å². The van der Waals surface area contributed by atoms with Crippen molar-refractivity contribution in [1.29, 1.82) is 5.26 Å². The molecule has 140 valence electrons. The number of fused-ring (bicyclic) bond motifs is 1. The Hall–Kier alpha value is -4.19. The number of rotatable bonds is 3. The maximum atomic E-state index is 12.4. The van der Waals surface area contributed by atoms with Gasteiger partial charge < -0.3 is 19.6 Å². The Kier molecular flexibility index (Phi) is 4.01. The number of nitrogens with one attached hydrogen (secondary N) is 2. The van der Waals surface area contributed by atoms with Gasteiger partial charge in [0.25, 0.3) is 5.56 Å². The molecule has 2 aromatic heterocycles. The summed E-state index contributed by atoms with van der Waals surface area (Å²) in [6, 6.07) is 12.5. The van der Waals surface area contributed by atoms with Crippen molar-refractivity contribution in [3.63, 3.8) is 0 Å². The largest absolute Gasteiger partial charge is 0.497 e. The molecule has 9 heteroatoms. The molecule has 0 radical (unpaired) electrons. The van der Waals surface area contributed by atoms with Gasteiger partial charge in [-0.15, -0.1) is 0 Å². The van der Waals surface area contributed by atoms with Crippen molar-refractivity contribution in [2.45, 2.75) is 5.92 Å². The van der Waals surface area contributed by atoms with Gasteiger partial charge in [0.1, 0.15) is 28.9 Å². The van der Waals surface area contributed by atoms with Gasteiger partial charge in [-0.05, 0) is 36.4 Å². The molecule has 0 spiro atoms. The number of aromatic nitrogens is 2. The van der Waals surface area contributed by atoms with E-state index in [1.54, 1.807) is 31.4 Å². The number of furan rings is 1. The van der Waals surface area contributed by atoms with Crippen molar-refractivity contribution in [3.8, 4) is 29.0 Å². The van der Waals surface area contributed by atoms with Crippen LogP contribution in [0.5, 0.6) is 11.6 Å². The molecule has 3 aromatic rings. The summed E-state index contributed by atoms with van der Waals surface area (Å²) in [6.45, 7) is 0. The molecule has 1 atom stereocenters. The quantitative estimate of drug-likeness (QED) is 0.626. The zero-order valence-corrected chi connectivity index (χ0v) is 14.6. The summed E-state index contributed by atoms with van der Waals surface area (Å²) >= 11 is 0. The van der Waals surface area contributed by atoms with Crippen molar-refractivity contribution in [3.05, 3.63) is 80.0 Å². The lowest BCUT2D eigenvalue weighted by Gasteiger charge is -2.22. The maximum absolute atomic E-state index is 12.4. The lowest BCUT2D eigenvalue weighted by atomic mass is 9.89. The van der Waals surface area contributed by atoms with E-state index in [9.17, 15) is 14.9 Å². The number of aromatic amines is 2. The van der Waals surface area contributed by atoms with Crippen LogP contribution in [0.25, 0.3) is 11.3 Å². The topological polar surface area (TPSA) is 147 Å². The highest BCUT2D eigenvalue weighted by Crippen LogP contribution is 2.40. The standard InChI is InChI=1S/C19H14N4O5/c1-26-10-4-2-9(3-5-10)12-6-7-13(27-12)14-11(8-20)16(21)28-18-15(14)17(24)22-19(25)23-18/h2-7,14H,21H2,1H3,(H2,22,23,24,25). The number of hydrogen-bond acceptors (Lipinski definition) is 7. The average molecular weight is 378 g/mol. The monoisotopic (exact) mass is 378 g/mol. The number of hydrogen-bond donors (Lipinski definition) is 3. The molecule has 3 heterocycles. The molecule has 0 bridgehead atoms. The summed E-state index contributed by atoms with van der Waals surface area (Å²) in [4.78, 5) is 28.5. The Morgan fingerprint density at radius 3 is 2.57 bits per heavy atom. The fraction of sp³-hybridized carbons (Fsp3) is 0.105. The summed E-state index contributed by atoms with van der Waals surface area (Å²) in [7, 11) is 1.57. The van der Waals surface area contributed by atoms with Crippen LogP contribution in [0.2, 0.25) is 0 Å². The highest BCUT2D eigenvalue weighted by atomic mass is 16.5. The third-order valence-corrected chi connectivity index (χ3v) is 4.40. The van der Waals surface area contributed by atoms with Gasteiger partial charge >= 0.3 is 5.69 Å². The van der Waals surface area contributed by atoms with Crippen LogP contribution in [0.4, 0.5) is 0 Å². The first-order valence-electron chi connectivity index (χ1n) is 8.20. The SMILES string of the molecule is COc1ccc(-c2ccc(C3C(C#N)=C(N)Oc4[nH]c(=O)[nH]c(=O)c43)o2)cc1. The molecule has 0 saturated heterocycles. The number of methoxy groups -OCH3 is 1. The van der Waals surface area contributed by atoms with E-state index in [2.05, 4.69) is 9.97 Å². The number of allylic oxidation sites excluding steroid dienone is 1. The lowest BCUT2D eigenvalue weighted by molar-refractivity contribution is 0.365.